The summed E-state index contributed by atoms with van der Waals surface area (Å²) >= 11 is 0. The van der Waals surface area contributed by atoms with E-state index in [1.54, 1.807) is 0 Å². The molecule has 18 nitrogen and oxygen atoms in total. The Bertz CT molecular complexity index is 727. The zero-order valence-corrected chi connectivity index (χ0v) is 25.1. The fourth-order valence-electron chi connectivity index (χ4n) is 2.49. The Morgan fingerprint density at radius 2 is 0.515 bits per heavy atom. The van der Waals surface area contributed by atoms with Crippen LogP contribution in [0, 0.1) is 0 Å². The van der Waals surface area contributed by atoms with Crippen molar-refractivity contribution in [2.75, 3.05) is 57.6 Å². The molecule has 194 valence electrons. The smallest absolute Gasteiger partial charge is 0.324 e. The van der Waals surface area contributed by atoms with Crippen molar-refractivity contribution in [2.45, 2.75) is 0 Å². The van der Waals surface area contributed by atoms with Crippen molar-refractivity contribution in [1.82, 2.24) is 14.7 Å². The molecule has 0 saturated carbocycles. The van der Waals surface area contributed by atoms with Crippen LogP contribution >= 0.6 is 38.0 Å². The fraction of sp³-hybridized carbons (Fsp3) is 1.00. The van der Waals surface area contributed by atoms with Crippen molar-refractivity contribution in [3.05, 3.63) is 0 Å². The van der Waals surface area contributed by atoms with Gasteiger partial charge in [-0.15, -0.1) is 0 Å². The second kappa shape index (κ2) is 15.0. The summed E-state index contributed by atoms with van der Waals surface area (Å²) in [5.74, 6) is 0. The first kappa shape index (κ1) is 37.4. The molecule has 0 aliphatic heterocycles. The standard InChI is InChI=1S/C9H28N3O15P5.K/c13-28(14,15)5-10(1-3-11(6-29(16,17)18)7-30(19,20)21)2-4-12(8-31(22,23)24)9-32(25,26)27;/h1-9H2,(H2,13,14,15)(H2,16,17,18)(H2,19,20,21)(H2,22,23,24)(H2,25,26,27);/q;+1. The van der Waals surface area contributed by atoms with Gasteiger partial charge in [-0.3, -0.25) is 37.5 Å². The summed E-state index contributed by atoms with van der Waals surface area (Å²) in [7, 11) is -23.8. The minimum Gasteiger partial charge on any atom is -0.324 e. The Morgan fingerprint density at radius 3 is 0.697 bits per heavy atom. The normalized spacial score (nSPS) is 14.2. The van der Waals surface area contributed by atoms with Crippen LogP contribution in [-0.4, -0.2) is 121 Å². The zero-order valence-electron chi connectivity index (χ0n) is 17.5. The molecule has 0 unspecified atom stereocenters. The van der Waals surface area contributed by atoms with E-state index in [2.05, 4.69) is 0 Å². The molecule has 0 fully saturated rings. The van der Waals surface area contributed by atoms with Crippen molar-refractivity contribution >= 4 is 38.0 Å². The Morgan fingerprint density at radius 1 is 0.364 bits per heavy atom. The van der Waals surface area contributed by atoms with E-state index in [1.165, 1.54) is 0 Å². The van der Waals surface area contributed by atoms with Gasteiger partial charge in [0.15, 0.2) is 0 Å². The summed E-state index contributed by atoms with van der Waals surface area (Å²) in [6.45, 7) is -1.78. The third kappa shape index (κ3) is 25.7. The zero-order chi connectivity index (χ0) is 25.6. The van der Waals surface area contributed by atoms with Gasteiger partial charge in [0.05, 0.1) is 0 Å². The van der Waals surface area contributed by atoms with Gasteiger partial charge in [0.2, 0.25) is 0 Å². The quantitative estimate of drug-likeness (QED) is 0.0574. The molecule has 0 rings (SSSR count). The van der Waals surface area contributed by atoms with Crippen LogP contribution in [0.25, 0.3) is 0 Å². The summed E-state index contributed by atoms with van der Waals surface area (Å²) in [6, 6.07) is 0. The van der Waals surface area contributed by atoms with Gasteiger partial charge in [0, 0.05) is 26.2 Å². The first-order valence-corrected chi connectivity index (χ1v) is 17.3. The van der Waals surface area contributed by atoms with Crippen LogP contribution in [0.4, 0.5) is 0 Å². The molecule has 0 radical (unpaired) electrons. The average molecular weight is 612 g/mol. The van der Waals surface area contributed by atoms with Gasteiger partial charge in [0.1, 0.15) is 31.4 Å². The molecule has 0 amide bonds. The molecule has 0 aromatic heterocycles. The predicted molar refractivity (Wildman–Crippen MR) is 110 cm³/mol. The molecule has 24 heteroatoms. The monoisotopic (exact) mass is 612 g/mol. The maximum atomic E-state index is 11.4. The van der Waals surface area contributed by atoms with E-state index < -0.39 is 95.6 Å². The average Bonchev–Trinajstić information content (AvgIpc) is 2.41. The minimum atomic E-state index is -4.76. The largest absolute Gasteiger partial charge is 1.00 e. The van der Waals surface area contributed by atoms with Crippen LogP contribution in [0.15, 0.2) is 0 Å². The maximum absolute atomic E-state index is 11.4. The van der Waals surface area contributed by atoms with Crippen LogP contribution in [-0.2, 0) is 22.8 Å². The maximum Gasteiger partial charge on any atom is 1.00 e. The Hall–Kier alpha value is 2.27. The van der Waals surface area contributed by atoms with E-state index in [0.29, 0.717) is 9.80 Å². The van der Waals surface area contributed by atoms with Gasteiger partial charge < -0.3 is 48.9 Å². The Balaban J connectivity index is 0. The second-order valence-electron chi connectivity index (χ2n) is 6.94. The third-order valence-electron chi connectivity index (χ3n) is 3.39. The molecule has 0 aliphatic rings. The van der Waals surface area contributed by atoms with E-state index >= 15 is 0 Å². The van der Waals surface area contributed by atoms with E-state index in [9.17, 15) is 32.6 Å². The molecule has 33 heavy (non-hydrogen) atoms. The van der Waals surface area contributed by atoms with E-state index in [1.807, 2.05) is 0 Å². The molecular formula is C9H28KN3O15P5+. The van der Waals surface area contributed by atoms with Gasteiger partial charge in [0.25, 0.3) is 0 Å². The first-order chi connectivity index (χ1) is 13.9. The molecule has 10 N–H and O–H groups in total. The molecule has 0 aromatic rings. The molecule has 0 aliphatic carbocycles. The number of hydrogen-bond donors (Lipinski definition) is 10. The first-order valence-electron chi connectivity index (χ1n) is 8.34. The summed E-state index contributed by atoms with van der Waals surface area (Å²) in [5, 5.41) is 0. The van der Waals surface area contributed by atoms with Crippen LogP contribution in [0.3, 0.4) is 0 Å². The van der Waals surface area contributed by atoms with Crippen molar-refractivity contribution in [3.8, 4) is 0 Å². The van der Waals surface area contributed by atoms with Gasteiger partial charge in [-0.2, -0.15) is 0 Å². The molecule has 0 bridgehead atoms. The molecule has 0 spiro atoms. The van der Waals surface area contributed by atoms with E-state index in [0.717, 1.165) is 4.90 Å². The van der Waals surface area contributed by atoms with Gasteiger partial charge in [-0.25, -0.2) is 0 Å². The van der Waals surface area contributed by atoms with E-state index in [-0.39, 0.29) is 51.4 Å². The Labute approximate surface area is 231 Å². The van der Waals surface area contributed by atoms with Crippen molar-refractivity contribution < 1.29 is 123 Å². The third-order valence-corrected chi connectivity index (χ3v) is 7.23. The Kier molecular flexibility index (Phi) is 17.0. The molecule has 0 atom stereocenters. The molecule has 0 saturated heterocycles. The SMILES string of the molecule is O=P(O)(O)CN(CCN(CP(=O)(O)O)CP(=O)(O)O)CCN(CP(=O)(O)O)CP(=O)(O)O.[K+]. The van der Waals surface area contributed by atoms with Crippen LogP contribution in [0.1, 0.15) is 0 Å². The predicted octanol–water partition coefficient (Wildman–Crippen LogP) is -5.43. The van der Waals surface area contributed by atoms with Crippen LogP contribution in [0.2, 0.25) is 0 Å². The number of rotatable bonds is 16. The van der Waals surface area contributed by atoms with E-state index in [4.69, 9.17) is 39.1 Å². The molecule has 0 heterocycles. The minimum absolute atomic E-state index is 0. The molecular weight excluding hydrogens is 584 g/mol. The summed E-state index contributed by atoms with van der Waals surface area (Å²) in [5.41, 5.74) is 0. The molecule has 0 aromatic carbocycles. The summed E-state index contributed by atoms with van der Waals surface area (Å²) in [6.07, 6.45) is -5.21. The van der Waals surface area contributed by atoms with Crippen molar-refractivity contribution in [2.24, 2.45) is 0 Å². The number of nitrogens with zero attached hydrogens (tertiary/aromatic N) is 3. The van der Waals surface area contributed by atoms with Gasteiger partial charge in [-0.1, -0.05) is 0 Å². The van der Waals surface area contributed by atoms with Crippen LogP contribution < -0.4 is 51.4 Å². The van der Waals surface area contributed by atoms with Crippen LogP contribution in [0.5, 0.6) is 0 Å². The topological polar surface area (TPSA) is 297 Å². The van der Waals surface area contributed by atoms with Gasteiger partial charge >= 0.3 is 89.4 Å². The van der Waals surface area contributed by atoms with Crippen molar-refractivity contribution in [1.29, 1.82) is 0 Å². The summed E-state index contributed by atoms with van der Waals surface area (Å²) in [4.78, 5) is 93.2. The fourth-order valence-corrected chi connectivity index (χ4v) is 6.66. The summed E-state index contributed by atoms with van der Waals surface area (Å²) < 4.78 is 56.1. The van der Waals surface area contributed by atoms with Gasteiger partial charge in [-0.05, 0) is 0 Å². The van der Waals surface area contributed by atoms with Crippen molar-refractivity contribution in [3.63, 3.8) is 0 Å². The number of hydrogen-bond acceptors (Lipinski definition) is 8. The second-order valence-corrected chi connectivity index (χ2v) is 15.0.